The van der Waals surface area contributed by atoms with Gasteiger partial charge >= 0.3 is 5.97 Å². The third-order valence-corrected chi connectivity index (χ3v) is 4.60. The summed E-state index contributed by atoms with van der Waals surface area (Å²) in [6.07, 6.45) is 5.13. The number of hydrogen-bond donors (Lipinski definition) is 1. The summed E-state index contributed by atoms with van der Waals surface area (Å²) in [6.45, 7) is 5.59. The van der Waals surface area contributed by atoms with Crippen molar-refractivity contribution < 1.29 is 9.90 Å². The summed E-state index contributed by atoms with van der Waals surface area (Å²) in [4.78, 5) is 22.0. The van der Waals surface area contributed by atoms with Crippen LogP contribution in [-0.4, -0.2) is 43.6 Å². The minimum absolute atomic E-state index is 0.203. The fourth-order valence-corrected chi connectivity index (χ4v) is 2.90. The van der Waals surface area contributed by atoms with E-state index in [2.05, 4.69) is 21.8 Å². The van der Waals surface area contributed by atoms with Crippen molar-refractivity contribution in [3.63, 3.8) is 0 Å². The Labute approximate surface area is 163 Å². The lowest BCUT2D eigenvalue weighted by molar-refractivity contribution is 0.0697. The van der Waals surface area contributed by atoms with Crippen molar-refractivity contribution in [2.75, 3.05) is 13.1 Å². The SMILES string of the molecule is CCN(CCn1cnc(-c2cc(C(=O)O)ccn2)c1)Cc1ccc(Cl)cc1. The molecular formula is C20H21ClN4O2. The Kier molecular flexibility index (Phi) is 6.21. The Balaban J connectivity index is 1.62. The van der Waals surface area contributed by atoms with Gasteiger partial charge in [-0.1, -0.05) is 30.7 Å². The highest BCUT2D eigenvalue weighted by Gasteiger charge is 2.09. The van der Waals surface area contributed by atoms with Gasteiger partial charge in [0, 0.05) is 37.1 Å². The maximum absolute atomic E-state index is 11.1. The lowest BCUT2D eigenvalue weighted by Gasteiger charge is -2.20. The van der Waals surface area contributed by atoms with Crippen LogP contribution in [0.5, 0.6) is 0 Å². The molecule has 0 aliphatic heterocycles. The molecule has 0 saturated heterocycles. The molecule has 0 saturated carbocycles. The fourth-order valence-electron chi connectivity index (χ4n) is 2.77. The number of aromatic carboxylic acids is 1. The third-order valence-electron chi connectivity index (χ3n) is 4.34. The molecule has 0 aliphatic carbocycles. The van der Waals surface area contributed by atoms with E-state index in [1.54, 1.807) is 6.33 Å². The third kappa shape index (κ3) is 5.15. The summed E-state index contributed by atoms with van der Waals surface area (Å²) in [5.74, 6) is -0.973. The highest BCUT2D eigenvalue weighted by Crippen LogP contribution is 2.16. The largest absolute Gasteiger partial charge is 0.478 e. The van der Waals surface area contributed by atoms with E-state index in [-0.39, 0.29) is 5.56 Å². The van der Waals surface area contributed by atoms with Gasteiger partial charge in [0.1, 0.15) is 5.69 Å². The van der Waals surface area contributed by atoms with Crippen LogP contribution in [0.2, 0.25) is 5.02 Å². The van der Waals surface area contributed by atoms with Gasteiger partial charge in [0.25, 0.3) is 0 Å². The first kappa shape index (κ1) is 19.1. The van der Waals surface area contributed by atoms with Gasteiger partial charge in [-0.25, -0.2) is 9.78 Å². The molecule has 27 heavy (non-hydrogen) atoms. The second-order valence-electron chi connectivity index (χ2n) is 6.23. The maximum Gasteiger partial charge on any atom is 0.335 e. The van der Waals surface area contributed by atoms with Gasteiger partial charge in [0.2, 0.25) is 0 Å². The number of pyridine rings is 1. The van der Waals surface area contributed by atoms with Crippen LogP contribution in [0.3, 0.4) is 0 Å². The molecule has 0 bridgehead atoms. The predicted octanol–water partition coefficient (Wildman–Crippen LogP) is 3.82. The standard InChI is InChI=1S/C20H21ClN4O2/c1-2-24(12-15-3-5-17(21)6-4-15)9-10-25-13-19(23-14-25)18-11-16(20(26)27)7-8-22-18/h3-8,11,13-14H,2,9-10,12H2,1H3,(H,26,27). The zero-order valence-corrected chi connectivity index (χ0v) is 15.8. The quantitative estimate of drug-likeness (QED) is 0.639. The van der Waals surface area contributed by atoms with Crippen molar-refractivity contribution in [2.24, 2.45) is 0 Å². The Morgan fingerprint density at radius 3 is 2.67 bits per heavy atom. The number of carbonyl (C=O) groups is 1. The monoisotopic (exact) mass is 384 g/mol. The van der Waals surface area contributed by atoms with Crippen molar-refractivity contribution in [3.05, 3.63) is 71.3 Å². The second kappa shape index (κ2) is 8.79. The van der Waals surface area contributed by atoms with Gasteiger partial charge in [0.15, 0.2) is 0 Å². The van der Waals surface area contributed by atoms with E-state index in [1.165, 1.54) is 23.9 Å². The molecule has 0 amide bonds. The molecule has 3 rings (SSSR count). The number of imidazole rings is 1. The lowest BCUT2D eigenvalue weighted by Crippen LogP contribution is -2.26. The predicted molar refractivity (Wildman–Crippen MR) is 105 cm³/mol. The van der Waals surface area contributed by atoms with E-state index >= 15 is 0 Å². The molecule has 0 fully saturated rings. The van der Waals surface area contributed by atoms with Crippen LogP contribution in [0.25, 0.3) is 11.4 Å². The highest BCUT2D eigenvalue weighted by atomic mass is 35.5. The molecule has 7 heteroatoms. The van der Waals surface area contributed by atoms with Crippen LogP contribution in [0.1, 0.15) is 22.8 Å². The van der Waals surface area contributed by atoms with Crippen LogP contribution in [0, 0.1) is 0 Å². The van der Waals surface area contributed by atoms with Crippen LogP contribution in [-0.2, 0) is 13.1 Å². The molecule has 0 radical (unpaired) electrons. The molecular weight excluding hydrogens is 364 g/mol. The van der Waals surface area contributed by atoms with Gasteiger partial charge in [-0.05, 0) is 36.4 Å². The van der Waals surface area contributed by atoms with Gasteiger partial charge in [-0.15, -0.1) is 0 Å². The summed E-state index contributed by atoms with van der Waals surface area (Å²) >= 11 is 5.94. The van der Waals surface area contributed by atoms with E-state index in [4.69, 9.17) is 16.7 Å². The zero-order chi connectivity index (χ0) is 19.2. The minimum atomic E-state index is -0.973. The van der Waals surface area contributed by atoms with E-state index in [0.717, 1.165) is 31.2 Å². The summed E-state index contributed by atoms with van der Waals surface area (Å²) in [5, 5.41) is 9.85. The first-order chi connectivity index (χ1) is 13.0. The Bertz CT molecular complexity index is 908. The summed E-state index contributed by atoms with van der Waals surface area (Å²) < 4.78 is 2.00. The van der Waals surface area contributed by atoms with Crippen molar-refractivity contribution in [3.8, 4) is 11.4 Å². The highest BCUT2D eigenvalue weighted by molar-refractivity contribution is 6.30. The molecule has 1 N–H and O–H groups in total. The van der Waals surface area contributed by atoms with Gasteiger partial charge in [-0.2, -0.15) is 0 Å². The molecule has 1 aromatic carbocycles. The number of carboxylic acid groups (broad SMARTS) is 1. The number of aromatic nitrogens is 3. The molecule has 2 heterocycles. The zero-order valence-electron chi connectivity index (χ0n) is 15.0. The summed E-state index contributed by atoms with van der Waals surface area (Å²) in [6, 6.07) is 10.9. The molecule has 2 aromatic heterocycles. The first-order valence-corrected chi connectivity index (χ1v) is 9.11. The van der Waals surface area contributed by atoms with Gasteiger partial charge in [0.05, 0.1) is 17.6 Å². The molecule has 6 nitrogen and oxygen atoms in total. The van der Waals surface area contributed by atoms with E-state index < -0.39 is 5.97 Å². The fraction of sp³-hybridized carbons (Fsp3) is 0.250. The Morgan fingerprint density at radius 1 is 1.19 bits per heavy atom. The Hall–Kier alpha value is -2.70. The van der Waals surface area contributed by atoms with Crippen molar-refractivity contribution >= 4 is 17.6 Å². The van der Waals surface area contributed by atoms with Crippen molar-refractivity contribution in [2.45, 2.75) is 20.0 Å². The molecule has 0 aliphatic rings. The number of likely N-dealkylation sites (N-methyl/N-ethyl adjacent to an activating group) is 1. The molecule has 140 valence electrons. The number of rotatable bonds is 8. The second-order valence-corrected chi connectivity index (χ2v) is 6.66. The maximum atomic E-state index is 11.1. The van der Waals surface area contributed by atoms with Gasteiger partial charge < -0.3 is 9.67 Å². The average Bonchev–Trinajstić information content (AvgIpc) is 3.16. The summed E-state index contributed by atoms with van der Waals surface area (Å²) in [7, 11) is 0. The molecule has 0 spiro atoms. The van der Waals surface area contributed by atoms with Crippen molar-refractivity contribution in [1.82, 2.24) is 19.4 Å². The Morgan fingerprint density at radius 2 is 1.96 bits per heavy atom. The molecule has 0 atom stereocenters. The number of nitrogens with zero attached hydrogens (tertiary/aromatic N) is 4. The summed E-state index contributed by atoms with van der Waals surface area (Å²) in [5.41, 5.74) is 2.65. The average molecular weight is 385 g/mol. The topological polar surface area (TPSA) is 71.2 Å². The number of hydrogen-bond acceptors (Lipinski definition) is 4. The van der Waals surface area contributed by atoms with E-state index in [0.29, 0.717) is 11.4 Å². The van der Waals surface area contributed by atoms with Crippen LogP contribution in [0.15, 0.2) is 55.1 Å². The normalized spacial score (nSPS) is 11.1. The van der Waals surface area contributed by atoms with Crippen LogP contribution in [0.4, 0.5) is 0 Å². The molecule has 0 unspecified atom stereocenters. The van der Waals surface area contributed by atoms with Crippen LogP contribution < -0.4 is 0 Å². The molecule has 3 aromatic rings. The number of benzene rings is 1. The first-order valence-electron chi connectivity index (χ1n) is 8.73. The minimum Gasteiger partial charge on any atom is -0.478 e. The van der Waals surface area contributed by atoms with Crippen molar-refractivity contribution in [1.29, 1.82) is 0 Å². The van der Waals surface area contributed by atoms with Gasteiger partial charge in [-0.3, -0.25) is 9.88 Å². The van der Waals surface area contributed by atoms with E-state index in [9.17, 15) is 4.79 Å². The smallest absolute Gasteiger partial charge is 0.335 e. The van der Waals surface area contributed by atoms with E-state index in [1.807, 2.05) is 35.0 Å². The number of carboxylic acids is 1. The lowest BCUT2D eigenvalue weighted by atomic mass is 10.2. The van der Waals surface area contributed by atoms with Crippen LogP contribution >= 0.6 is 11.6 Å². The number of halogens is 1.